The molecule has 1 aromatic heterocycles. The molecule has 1 aliphatic heterocycles. The summed E-state index contributed by atoms with van der Waals surface area (Å²) >= 11 is 0. The molecule has 0 bridgehead atoms. The second kappa shape index (κ2) is 6.89. The highest BCUT2D eigenvalue weighted by Gasteiger charge is 2.30. The molecule has 0 saturated carbocycles. The predicted octanol–water partition coefficient (Wildman–Crippen LogP) is 3.95. The zero-order valence-electron chi connectivity index (χ0n) is 15.1. The molecule has 1 aromatic carbocycles. The molecule has 0 atom stereocenters. The van der Waals surface area contributed by atoms with Gasteiger partial charge in [-0.3, -0.25) is 4.98 Å². The minimum absolute atomic E-state index is 0.0190. The van der Waals surface area contributed by atoms with Crippen molar-refractivity contribution in [3.8, 4) is 0 Å². The fourth-order valence-electron chi connectivity index (χ4n) is 3.34. The standard InChI is InChI=1S/C20H26N2O2S/c1-20(2,3)18-4-6-19(7-5-18)25(23,24)22-14-10-17(11-15-22)16-8-12-21-13-9-16/h4-9,12-13,17H,10-11,14-15H2,1-3H3. The van der Waals surface area contributed by atoms with Crippen molar-refractivity contribution in [1.82, 2.24) is 9.29 Å². The first kappa shape index (κ1) is 18.1. The predicted molar refractivity (Wildman–Crippen MR) is 100 cm³/mol. The first-order valence-electron chi connectivity index (χ1n) is 8.79. The van der Waals surface area contributed by atoms with Gasteiger partial charge in [0, 0.05) is 25.5 Å². The van der Waals surface area contributed by atoms with Crippen molar-refractivity contribution in [3.05, 3.63) is 59.9 Å². The number of rotatable bonds is 3. The number of benzene rings is 1. The minimum atomic E-state index is -3.41. The van der Waals surface area contributed by atoms with Gasteiger partial charge in [-0.25, -0.2) is 8.42 Å². The molecular weight excluding hydrogens is 332 g/mol. The van der Waals surface area contributed by atoms with E-state index in [9.17, 15) is 8.42 Å². The van der Waals surface area contributed by atoms with Gasteiger partial charge in [0.1, 0.15) is 0 Å². The van der Waals surface area contributed by atoms with E-state index in [0.29, 0.717) is 23.9 Å². The van der Waals surface area contributed by atoms with Crippen molar-refractivity contribution >= 4 is 10.0 Å². The molecule has 134 valence electrons. The van der Waals surface area contributed by atoms with Crippen LogP contribution in [-0.4, -0.2) is 30.8 Å². The molecule has 0 N–H and O–H groups in total. The van der Waals surface area contributed by atoms with Gasteiger partial charge in [0.05, 0.1) is 4.90 Å². The van der Waals surface area contributed by atoms with E-state index in [1.54, 1.807) is 28.8 Å². The Kier molecular flexibility index (Phi) is 4.98. The van der Waals surface area contributed by atoms with E-state index in [1.165, 1.54) is 5.56 Å². The van der Waals surface area contributed by atoms with E-state index in [1.807, 2.05) is 24.3 Å². The van der Waals surface area contributed by atoms with Gasteiger partial charge in [0.15, 0.2) is 0 Å². The molecule has 0 unspecified atom stereocenters. The van der Waals surface area contributed by atoms with Crippen LogP contribution in [0.15, 0.2) is 53.7 Å². The van der Waals surface area contributed by atoms with Crippen LogP contribution >= 0.6 is 0 Å². The van der Waals surface area contributed by atoms with Crippen LogP contribution < -0.4 is 0 Å². The molecule has 0 amide bonds. The lowest BCUT2D eigenvalue weighted by Gasteiger charge is -2.31. The van der Waals surface area contributed by atoms with E-state index in [0.717, 1.165) is 18.4 Å². The zero-order chi connectivity index (χ0) is 18.1. The smallest absolute Gasteiger partial charge is 0.243 e. The van der Waals surface area contributed by atoms with E-state index in [4.69, 9.17) is 0 Å². The summed E-state index contributed by atoms with van der Waals surface area (Å²) in [7, 11) is -3.41. The van der Waals surface area contributed by atoms with Gasteiger partial charge in [-0.05, 0) is 59.6 Å². The van der Waals surface area contributed by atoms with Crippen LogP contribution in [0.5, 0.6) is 0 Å². The summed E-state index contributed by atoms with van der Waals surface area (Å²) in [4.78, 5) is 4.44. The Bertz CT molecular complexity index is 801. The highest BCUT2D eigenvalue weighted by atomic mass is 32.2. The summed E-state index contributed by atoms with van der Waals surface area (Å²) in [5, 5.41) is 0. The number of nitrogens with zero attached hydrogens (tertiary/aromatic N) is 2. The first-order chi connectivity index (χ1) is 11.8. The molecule has 1 fully saturated rings. The van der Waals surface area contributed by atoms with Gasteiger partial charge in [-0.2, -0.15) is 4.31 Å². The second-order valence-corrected chi connectivity index (χ2v) is 9.67. The van der Waals surface area contributed by atoms with Crippen LogP contribution in [0, 0.1) is 0 Å². The molecule has 1 aliphatic rings. The van der Waals surface area contributed by atoms with Crippen molar-refractivity contribution < 1.29 is 8.42 Å². The van der Waals surface area contributed by atoms with E-state index in [2.05, 4.69) is 25.8 Å². The summed E-state index contributed by atoms with van der Waals surface area (Å²) in [6, 6.07) is 11.4. The average Bonchev–Trinajstić information content (AvgIpc) is 2.62. The van der Waals surface area contributed by atoms with Gasteiger partial charge in [-0.1, -0.05) is 32.9 Å². The van der Waals surface area contributed by atoms with Crippen molar-refractivity contribution in [1.29, 1.82) is 0 Å². The topological polar surface area (TPSA) is 50.3 Å². The molecule has 4 nitrogen and oxygen atoms in total. The van der Waals surface area contributed by atoms with Gasteiger partial charge >= 0.3 is 0 Å². The summed E-state index contributed by atoms with van der Waals surface area (Å²) in [6.07, 6.45) is 5.30. The monoisotopic (exact) mass is 358 g/mol. The lowest BCUT2D eigenvalue weighted by molar-refractivity contribution is 0.319. The van der Waals surface area contributed by atoms with Crippen molar-refractivity contribution in [2.75, 3.05) is 13.1 Å². The number of hydrogen-bond donors (Lipinski definition) is 0. The number of piperidine rings is 1. The molecule has 3 rings (SSSR count). The summed E-state index contributed by atoms with van der Waals surface area (Å²) < 4.78 is 27.4. The quantitative estimate of drug-likeness (QED) is 0.835. The largest absolute Gasteiger partial charge is 0.265 e. The normalized spacial score (nSPS) is 17.6. The van der Waals surface area contributed by atoms with Crippen LogP contribution in [0.1, 0.15) is 50.7 Å². The molecule has 0 radical (unpaired) electrons. The maximum absolute atomic E-state index is 12.9. The number of pyridine rings is 1. The fraction of sp³-hybridized carbons (Fsp3) is 0.450. The van der Waals surface area contributed by atoms with Gasteiger partial charge < -0.3 is 0 Å². The molecular formula is C20H26N2O2S. The lowest BCUT2D eigenvalue weighted by atomic mass is 9.87. The van der Waals surface area contributed by atoms with Crippen LogP contribution in [0.3, 0.4) is 0 Å². The number of sulfonamides is 1. The Labute approximate surface area is 151 Å². The highest BCUT2D eigenvalue weighted by molar-refractivity contribution is 7.89. The highest BCUT2D eigenvalue weighted by Crippen LogP contribution is 2.31. The molecule has 25 heavy (non-hydrogen) atoms. The number of hydrogen-bond acceptors (Lipinski definition) is 3. The van der Waals surface area contributed by atoms with Crippen LogP contribution in [0.2, 0.25) is 0 Å². The van der Waals surface area contributed by atoms with Gasteiger partial charge in [0.2, 0.25) is 10.0 Å². The average molecular weight is 359 g/mol. The fourth-order valence-corrected chi connectivity index (χ4v) is 4.81. The first-order valence-corrected chi connectivity index (χ1v) is 10.2. The lowest BCUT2D eigenvalue weighted by Crippen LogP contribution is -2.37. The SMILES string of the molecule is CC(C)(C)c1ccc(S(=O)(=O)N2CCC(c3ccncc3)CC2)cc1. The van der Waals surface area contributed by atoms with E-state index in [-0.39, 0.29) is 5.41 Å². The Morgan fingerprint density at radius 3 is 2.04 bits per heavy atom. The van der Waals surface area contributed by atoms with E-state index < -0.39 is 10.0 Å². The molecule has 0 spiro atoms. The molecule has 2 aromatic rings. The second-order valence-electron chi connectivity index (χ2n) is 7.73. The van der Waals surface area contributed by atoms with Crippen molar-refractivity contribution in [3.63, 3.8) is 0 Å². The minimum Gasteiger partial charge on any atom is -0.265 e. The Morgan fingerprint density at radius 2 is 1.52 bits per heavy atom. The Morgan fingerprint density at radius 1 is 0.960 bits per heavy atom. The van der Waals surface area contributed by atoms with Crippen LogP contribution in [-0.2, 0) is 15.4 Å². The molecule has 0 aliphatic carbocycles. The Hall–Kier alpha value is -1.72. The molecule has 2 heterocycles. The molecule has 5 heteroatoms. The summed E-state index contributed by atoms with van der Waals surface area (Å²) in [5.74, 6) is 0.415. The van der Waals surface area contributed by atoms with Crippen molar-refractivity contribution in [2.24, 2.45) is 0 Å². The van der Waals surface area contributed by atoms with Gasteiger partial charge in [-0.15, -0.1) is 0 Å². The van der Waals surface area contributed by atoms with Crippen LogP contribution in [0.25, 0.3) is 0 Å². The third-order valence-electron chi connectivity index (χ3n) is 4.99. The zero-order valence-corrected chi connectivity index (χ0v) is 16.0. The molecule has 1 saturated heterocycles. The maximum atomic E-state index is 12.9. The Balaban J connectivity index is 1.72. The van der Waals surface area contributed by atoms with Crippen molar-refractivity contribution in [2.45, 2.75) is 49.8 Å². The third kappa shape index (κ3) is 3.93. The third-order valence-corrected chi connectivity index (χ3v) is 6.90. The summed E-state index contributed by atoms with van der Waals surface area (Å²) in [6.45, 7) is 7.51. The van der Waals surface area contributed by atoms with Gasteiger partial charge in [0.25, 0.3) is 0 Å². The van der Waals surface area contributed by atoms with Crippen LogP contribution in [0.4, 0.5) is 0 Å². The van der Waals surface area contributed by atoms with E-state index >= 15 is 0 Å². The maximum Gasteiger partial charge on any atom is 0.243 e. The summed E-state index contributed by atoms with van der Waals surface area (Å²) in [5.41, 5.74) is 2.41. The number of aromatic nitrogens is 1.